The zero-order chi connectivity index (χ0) is 63.9. The second-order valence-electron chi connectivity index (χ2n) is 22.4. The number of hydrogen-bond acceptors (Lipinski definition) is 22. The van der Waals surface area contributed by atoms with Crippen LogP contribution >= 0.6 is 0 Å². The molecule has 480 valence electrons. The van der Waals surface area contributed by atoms with Gasteiger partial charge in [-0.2, -0.15) is 8.61 Å². The van der Waals surface area contributed by atoms with Crippen LogP contribution in [0.4, 0.5) is 21.0 Å². The van der Waals surface area contributed by atoms with Crippen molar-refractivity contribution in [3.63, 3.8) is 0 Å². The van der Waals surface area contributed by atoms with E-state index < -0.39 is 96.7 Å². The molecule has 5 aliphatic rings. The van der Waals surface area contributed by atoms with E-state index in [0.717, 1.165) is 46.1 Å². The lowest BCUT2D eigenvalue weighted by atomic mass is 10.0. The van der Waals surface area contributed by atoms with Crippen molar-refractivity contribution in [2.45, 2.75) is 125 Å². The molecule has 4 aromatic carbocycles. The number of nitro benzene ring substituents is 2. The molecule has 5 aliphatic heterocycles. The SMILES string of the molecule is CC(C)CN(C[C@@H](O)[C@@H](N)Cc1ccccc1)S(=O)(=O)c1ccc([N+](=O)[O-])cc1.CC(C)CN(C[C@@H](O)[C@H](Cc1ccccc1)NC(=O)OC1CO[C@H]2OCCC12)S(=O)(=O)c1ccc([N+](=O)[O-])cc1.O=C(O[C@H]1CO[C@H]2OCCC21)ON1C(=O)CCC1=O. The van der Waals surface area contributed by atoms with Crippen LogP contribution in [0, 0.1) is 43.9 Å². The van der Waals surface area contributed by atoms with Gasteiger partial charge in [-0.05, 0) is 72.9 Å². The van der Waals surface area contributed by atoms with Gasteiger partial charge in [0.1, 0.15) is 12.2 Å². The molecule has 9 rings (SSSR count). The summed E-state index contributed by atoms with van der Waals surface area (Å²) in [5.41, 5.74) is 7.47. The number of nitrogens with two attached hydrogens (primary N) is 1. The van der Waals surface area contributed by atoms with Gasteiger partial charge in [-0.3, -0.25) is 34.7 Å². The summed E-state index contributed by atoms with van der Waals surface area (Å²) < 4.78 is 87.8. The summed E-state index contributed by atoms with van der Waals surface area (Å²) in [5.74, 6) is -1.22. The van der Waals surface area contributed by atoms with E-state index in [0.29, 0.717) is 31.1 Å². The number of carbonyl (C=O) groups is 4. The second kappa shape index (κ2) is 31.4. The van der Waals surface area contributed by atoms with Crippen LogP contribution < -0.4 is 11.1 Å². The average Bonchev–Trinajstić information content (AvgIpc) is 3.08. The fourth-order valence-corrected chi connectivity index (χ4v) is 13.5. The summed E-state index contributed by atoms with van der Waals surface area (Å²) in [7, 11) is -8.07. The van der Waals surface area contributed by atoms with Crippen molar-refractivity contribution in [1.29, 1.82) is 0 Å². The van der Waals surface area contributed by atoms with E-state index in [1.54, 1.807) is 0 Å². The maximum Gasteiger partial charge on any atom is 0.534 e. The number of hydrogen-bond donors (Lipinski definition) is 4. The maximum absolute atomic E-state index is 13.5. The third-order valence-electron chi connectivity index (χ3n) is 14.8. The van der Waals surface area contributed by atoms with Gasteiger partial charge in [0.2, 0.25) is 20.0 Å². The summed E-state index contributed by atoms with van der Waals surface area (Å²) in [5, 5.41) is 46.9. The first-order valence-electron chi connectivity index (χ1n) is 28.7. The molecule has 3 amide bonds. The van der Waals surface area contributed by atoms with E-state index in [1.165, 1.54) is 28.6 Å². The van der Waals surface area contributed by atoms with Gasteiger partial charge in [-0.25, -0.2) is 26.4 Å². The van der Waals surface area contributed by atoms with Crippen LogP contribution in [-0.4, -0.2) is 176 Å². The van der Waals surface area contributed by atoms with Crippen molar-refractivity contribution < 1.29 is 89.3 Å². The third kappa shape index (κ3) is 18.7. The van der Waals surface area contributed by atoms with Crippen molar-refractivity contribution in [1.82, 2.24) is 19.0 Å². The number of aliphatic hydroxyl groups is 2. The Kier molecular flexibility index (Phi) is 24.4. The van der Waals surface area contributed by atoms with Gasteiger partial charge in [0.25, 0.3) is 23.2 Å². The fourth-order valence-electron chi connectivity index (χ4n) is 10.3. The highest BCUT2D eigenvalue weighted by Gasteiger charge is 2.46. The smallest absolute Gasteiger partial charge is 0.443 e. The predicted molar refractivity (Wildman–Crippen MR) is 311 cm³/mol. The average molecular weight is 1270 g/mol. The van der Waals surface area contributed by atoms with E-state index in [9.17, 15) is 66.5 Å². The van der Waals surface area contributed by atoms with Crippen LogP contribution in [0.3, 0.4) is 0 Å². The normalized spacial score (nSPS) is 22.0. The molecule has 0 radical (unpaired) electrons. The monoisotopic (exact) mass is 1270 g/mol. The number of imide groups is 1. The molecule has 0 bridgehead atoms. The van der Waals surface area contributed by atoms with E-state index in [2.05, 4.69) is 10.2 Å². The van der Waals surface area contributed by atoms with E-state index in [4.69, 9.17) is 34.2 Å². The van der Waals surface area contributed by atoms with Crippen molar-refractivity contribution in [3.05, 3.63) is 141 Å². The Morgan fingerprint density at radius 2 is 1.06 bits per heavy atom. The topological polar surface area (TPSA) is 376 Å². The number of benzene rings is 4. The molecule has 5 N–H and O–H groups in total. The Hall–Kier alpha value is -7.10. The summed E-state index contributed by atoms with van der Waals surface area (Å²) in [6.07, 6.45) is -3.67. The highest BCUT2D eigenvalue weighted by atomic mass is 32.2. The summed E-state index contributed by atoms with van der Waals surface area (Å²) in [6.45, 7) is 8.74. The van der Waals surface area contributed by atoms with Crippen molar-refractivity contribution in [3.8, 4) is 0 Å². The molecule has 5 saturated heterocycles. The Balaban J connectivity index is 0.000000201. The predicted octanol–water partition coefficient (Wildman–Crippen LogP) is 4.84. The molecule has 28 nitrogen and oxygen atoms in total. The number of alkyl carbamates (subject to hydrolysis) is 1. The van der Waals surface area contributed by atoms with Crippen molar-refractivity contribution >= 4 is 55.5 Å². The van der Waals surface area contributed by atoms with Gasteiger partial charge in [-0.1, -0.05) is 93.4 Å². The standard InChI is InChI=1S/C27H35N3O9S.C20H27N3O5S.C11H13NO7/c1-18(2)15-29(40(35,36)21-10-8-20(9-11-21)30(33)34)16-24(31)23(14-19-6-4-3-5-7-19)28-27(32)39-25-17-38-26-22(25)12-13-37-26;1-15(2)13-22(14-20(24)19(21)12-16-6-4-3-5-7-16)29(27,28)18-10-8-17(9-11-18)23(25)26;13-8-1-2-9(14)12(8)19-11(15)18-7-5-17-10-6(7)3-4-16-10/h3-11,18,22-26,31H,12-17H2,1-2H3,(H,28,32);3-11,15,19-20,24H,12-14,21H2,1-2H3;6-7,10H,1-5H2/t22?,23-,24+,25?,26+;19-,20+;6?,7-,10+/m000/s1. The molecular weight excluding hydrogens is 1190 g/mol. The van der Waals surface area contributed by atoms with E-state index >= 15 is 0 Å². The number of rotatable bonds is 24. The quantitative estimate of drug-likeness (QED) is 0.0315. The lowest BCUT2D eigenvalue weighted by Crippen LogP contribution is -2.51. The summed E-state index contributed by atoms with van der Waals surface area (Å²) in [4.78, 5) is 72.1. The number of amides is 3. The van der Waals surface area contributed by atoms with Crippen LogP contribution in [0.1, 0.15) is 64.5 Å². The Morgan fingerprint density at radius 3 is 1.49 bits per heavy atom. The minimum Gasteiger partial charge on any atom is -0.443 e. The largest absolute Gasteiger partial charge is 0.534 e. The van der Waals surface area contributed by atoms with Crippen LogP contribution in [0.5, 0.6) is 0 Å². The van der Waals surface area contributed by atoms with E-state index in [-0.39, 0.29) is 110 Å². The van der Waals surface area contributed by atoms with Crippen molar-refractivity contribution in [2.75, 3.05) is 52.6 Å². The molecule has 0 aliphatic carbocycles. The highest BCUT2D eigenvalue weighted by molar-refractivity contribution is 7.89. The molecule has 88 heavy (non-hydrogen) atoms. The molecule has 30 heteroatoms. The van der Waals surface area contributed by atoms with Gasteiger partial charge in [-0.15, -0.1) is 0 Å². The molecule has 10 atom stereocenters. The lowest BCUT2D eigenvalue weighted by molar-refractivity contribution is -0.385. The Bertz CT molecular complexity index is 3210. The number of nitro groups is 2. The number of ether oxygens (including phenoxy) is 6. The summed E-state index contributed by atoms with van der Waals surface area (Å²) >= 11 is 0. The second-order valence-corrected chi connectivity index (χ2v) is 26.3. The zero-order valence-corrected chi connectivity index (χ0v) is 50.6. The molecule has 5 fully saturated rings. The minimum atomic E-state index is -4.12. The van der Waals surface area contributed by atoms with Crippen LogP contribution in [0.25, 0.3) is 0 Å². The number of sulfonamides is 2. The van der Waals surface area contributed by atoms with E-state index in [1.807, 2.05) is 88.4 Å². The molecule has 0 spiro atoms. The van der Waals surface area contributed by atoms with Gasteiger partial charge in [0.15, 0.2) is 12.6 Å². The number of aliphatic hydroxyl groups excluding tert-OH is 2. The first-order valence-corrected chi connectivity index (χ1v) is 31.5. The van der Waals surface area contributed by atoms with Gasteiger partial charge in [0.05, 0.1) is 76.2 Å². The number of hydroxylamine groups is 2. The van der Waals surface area contributed by atoms with Gasteiger partial charge < -0.3 is 49.7 Å². The van der Waals surface area contributed by atoms with Gasteiger partial charge >= 0.3 is 12.2 Å². The number of nitrogens with one attached hydrogen (secondary N) is 1. The molecule has 0 saturated carbocycles. The van der Waals surface area contributed by atoms with Crippen LogP contribution in [-0.2, 0) is 75.7 Å². The number of non-ortho nitro benzene ring substituents is 2. The minimum absolute atomic E-state index is 0.0142. The zero-order valence-electron chi connectivity index (χ0n) is 49.0. The third-order valence-corrected chi connectivity index (χ3v) is 18.5. The molecular formula is C58H75N7O21S2. The lowest BCUT2D eigenvalue weighted by Gasteiger charge is -2.31. The maximum atomic E-state index is 13.5. The van der Waals surface area contributed by atoms with Crippen molar-refractivity contribution in [2.24, 2.45) is 29.4 Å². The number of carbonyl (C=O) groups excluding carboxylic acids is 4. The molecule has 4 aromatic rings. The highest BCUT2D eigenvalue weighted by Crippen LogP contribution is 2.35. The summed E-state index contributed by atoms with van der Waals surface area (Å²) in [6, 6.07) is 26.4. The number of nitrogens with zero attached hydrogens (tertiary/aromatic N) is 5. The Morgan fingerprint density at radius 1 is 0.636 bits per heavy atom. The molecule has 3 unspecified atom stereocenters. The first-order chi connectivity index (χ1) is 41.8. The number of fused-ring (bicyclic) bond motifs is 2. The van der Waals surface area contributed by atoms with Crippen LogP contribution in [0.2, 0.25) is 0 Å². The first kappa shape index (κ1) is 68.4. The fraction of sp³-hybridized carbons (Fsp3) is 0.517. The van der Waals surface area contributed by atoms with Crippen LogP contribution in [0.15, 0.2) is 119 Å². The Labute approximate surface area is 509 Å². The van der Waals surface area contributed by atoms with Gasteiger partial charge in [0, 0.05) is 69.3 Å². The molecule has 0 aromatic heterocycles. The molecule has 5 heterocycles.